The Morgan fingerprint density at radius 3 is 1.71 bits per heavy atom. The van der Waals surface area contributed by atoms with Crippen LogP contribution >= 0.6 is 0 Å². The standard InChI is InChI=1S/C45H27N3O/c1-3-11-28(12-4-1)34-26-38(42-36-17-9-10-18-39(36)49-40(42)27-34)45-47-43(32-14-5-2-6-15-32)46-44(48-45)33-24-21-30-20-23-31-22-19-29-13-7-8-16-35(29)41(31)37(30)25-33/h1-27H. The minimum atomic E-state index is 0.599. The monoisotopic (exact) mass is 625 g/mol. The van der Waals surface area contributed by atoms with Gasteiger partial charge in [0.1, 0.15) is 11.2 Å². The number of nitrogens with zero attached hydrogens (tertiary/aromatic N) is 3. The summed E-state index contributed by atoms with van der Waals surface area (Å²) in [6, 6.07) is 56.9. The van der Waals surface area contributed by atoms with Crippen molar-refractivity contribution in [2.24, 2.45) is 0 Å². The summed E-state index contributed by atoms with van der Waals surface area (Å²) >= 11 is 0. The van der Waals surface area contributed by atoms with Gasteiger partial charge in [-0.2, -0.15) is 0 Å². The molecule has 0 atom stereocenters. The van der Waals surface area contributed by atoms with Crippen LogP contribution in [0, 0.1) is 0 Å². The Kier molecular flexibility index (Phi) is 6.15. The molecule has 0 spiro atoms. The zero-order valence-corrected chi connectivity index (χ0v) is 26.3. The van der Waals surface area contributed by atoms with Crippen LogP contribution in [0.25, 0.3) is 99.5 Å². The minimum absolute atomic E-state index is 0.599. The van der Waals surface area contributed by atoms with Crippen molar-refractivity contribution >= 4 is 54.3 Å². The fourth-order valence-electron chi connectivity index (χ4n) is 7.13. The van der Waals surface area contributed by atoms with E-state index >= 15 is 0 Å². The number of rotatable bonds is 4. The van der Waals surface area contributed by atoms with Crippen LogP contribution in [0.3, 0.4) is 0 Å². The van der Waals surface area contributed by atoms with Crippen molar-refractivity contribution < 1.29 is 4.42 Å². The highest BCUT2D eigenvalue weighted by molar-refractivity contribution is 6.20. The molecule has 2 aromatic heterocycles. The van der Waals surface area contributed by atoms with E-state index < -0.39 is 0 Å². The molecule has 0 unspecified atom stereocenters. The number of furan rings is 1. The maximum absolute atomic E-state index is 6.46. The number of benzene rings is 8. The Morgan fingerprint density at radius 2 is 0.918 bits per heavy atom. The molecule has 10 rings (SSSR count). The highest BCUT2D eigenvalue weighted by Gasteiger charge is 2.20. The van der Waals surface area contributed by atoms with Gasteiger partial charge in [-0.25, -0.2) is 15.0 Å². The summed E-state index contributed by atoms with van der Waals surface area (Å²) in [5.41, 5.74) is 6.52. The Morgan fingerprint density at radius 1 is 0.327 bits per heavy atom. The van der Waals surface area contributed by atoms with Crippen molar-refractivity contribution in [3.05, 3.63) is 164 Å². The molecule has 49 heavy (non-hydrogen) atoms. The SMILES string of the molecule is c1ccc(-c2cc(-c3nc(-c4ccccc4)nc(-c4ccc5ccc6ccc7ccccc7c6c5c4)n3)c3c(c2)oc2ccccc23)cc1. The summed E-state index contributed by atoms with van der Waals surface area (Å²) in [5, 5.41) is 9.25. The van der Waals surface area contributed by atoms with Crippen LogP contribution < -0.4 is 0 Å². The molecule has 0 saturated carbocycles. The molecular formula is C45H27N3O. The summed E-state index contributed by atoms with van der Waals surface area (Å²) in [6.07, 6.45) is 0. The Bertz CT molecular complexity index is 2870. The second-order valence-corrected chi connectivity index (χ2v) is 12.4. The molecule has 0 fully saturated rings. The molecule has 2 heterocycles. The van der Waals surface area contributed by atoms with E-state index in [1.165, 1.54) is 32.3 Å². The first-order chi connectivity index (χ1) is 24.3. The molecule has 0 bridgehead atoms. The van der Waals surface area contributed by atoms with Gasteiger partial charge in [-0.05, 0) is 67.7 Å². The number of fused-ring (bicyclic) bond motifs is 8. The molecular weight excluding hydrogens is 599 g/mol. The van der Waals surface area contributed by atoms with Crippen molar-refractivity contribution in [1.29, 1.82) is 0 Å². The van der Waals surface area contributed by atoms with Crippen LogP contribution in [0.4, 0.5) is 0 Å². The zero-order valence-electron chi connectivity index (χ0n) is 26.3. The lowest BCUT2D eigenvalue weighted by Crippen LogP contribution is -2.00. The van der Waals surface area contributed by atoms with Gasteiger partial charge in [0.15, 0.2) is 17.5 Å². The zero-order chi connectivity index (χ0) is 32.3. The third-order valence-electron chi connectivity index (χ3n) is 9.48. The lowest BCUT2D eigenvalue weighted by molar-refractivity contribution is 0.669. The van der Waals surface area contributed by atoms with Crippen LogP contribution in [0.2, 0.25) is 0 Å². The molecule has 0 N–H and O–H groups in total. The van der Waals surface area contributed by atoms with Crippen molar-refractivity contribution in [1.82, 2.24) is 15.0 Å². The van der Waals surface area contributed by atoms with E-state index in [2.05, 4.69) is 109 Å². The third kappa shape index (κ3) is 4.57. The molecule has 0 radical (unpaired) electrons. The number of aromatic nitrogens is 3. The van der Waals surface area contributed by atoms with E-state index in [1.807, 2.05) is 54.6 Å². The Labute approximate surface area is 282 Å². The van der Waals surface area contributed by atoms with Gasteiger partial charge in [0, 0.05) is 27.5 Å². The normalized spacial score (nSPS) is 11.7. The molecule has 228 valence electrons. The predicted molar refractivity (Wildman–Crippen MR) is 201 cm³/mol. The summed E-state index contributed by atoms with van der Waals surface area (Å²) in [4.78, 5) is 15.5. The Hall–Kier alpha value is -6.65. The molecule has 0 aliphatic rings. The van der Waals surface area contributed by atoms with Crippen molar-refractivity contribution in [3.63, 3.8) is 0 Å². The first-order valence-electron chi connectivity index (χ1n) is 16.4. The van der Waals surface area contributed by atoms with E-state index in [1.54, 1.807) is 0 Å². The largest absolute Gasteiger partial charge is 0.456 e. The highest BCUT2D eigenvalue weighted by atomic mass is 16.3. The van der Waals surface area contributed by atoms with Crippen LogP contribution in [0.1, 0.15) is 0 Å². The van der Waals surface area contributed by atoms with Crippen LogP contribution in [0.15, 0.2) is 168 Å². The van der Waals surface area contributed by atoms with Gasteiger partial charge in [0.05, 0.1) is 0 Å². The second-order valence-electron chi connectivity index (χ2n) is 12.4. The quantitative estimate of drug-likeness (QED) is 0.183. The predicted octanol–water partition coefficient (Wildman–Crippen LogP) is 11.9. The first-order valence-corrected chi connectivity index (χ1v) is 16.4. The molecule has 4 nitrogen and oxygen atoms in total. The smallest absolute Gasteiger partial charge is 0.164 e. The average molecular weight is 626 g/mol. The van der Waals surface area contributed by atoms with Gasteiger partial charge in [0.2, 0.25) is 0 Å². The van der Waals surface area contributed by atoms with Gasteiger partial charge >= 0.3 is 0 Å². The number of hydrogen-bond acceptors (Lipinski definition) is 4. The van der Waals surface area contributed by atoms with Crippen molar-refractivity contribution in [3.8, 4) is 45.3 Å². The average Bonchev–Trinajstić information content (AvgIpc) is 3.56. The molecule has 0 aliphatic heterocycles. The van der Waals surface area contributed by atoms with Crippen molar-refractivity contribution in [2.75, 3.05) is 0 Å². The fourth-order valence-corrected chi connectivity index (χ4v) is 7.13. The van der Waals surface area contributed by atoms with E-state index in [0.717, 1.165) is 49.8 Å². The molecule has 4 heteroatoms. The summed E-state index contributed by atoms with van der Waals surface area (Å²) in [6.45, 7) is 0. The van der Waals surface area contributed by atoms with E-state index in [9.17, 15) is 0 Å². The van der Waals surface area contributed by atoms with Gasteiger partial charge in [-0.1, -0.05) is 140 Å². The maximum atomic E-state index is 6.46. The first kappa shape index (κ1) is 27.5. The van der Waals surface area contributed by atoms with E-state index in [4.69, 9.17) is 19.4 Å². The Balaban J connectivity index is 1.27. The van der Waals surface area contributed by atoms with Gasteiger partial charge in [-0.15, -0.1) is 0 Å². The maximum Gasteiger partial charge on any atom is 0.164 e. The van der Waals surface area contributed by atoms with Crippen LogP contribution in [-0.4, -0.2) is 15.0 Å². The highest BCUT2D eigenvalue weighted by Crippen LogP contribution is 2.40. The molecule has 8 aromatic carbocycles. The molecule has 0 aliphatic carbocycles. The fraction of sp³-hybridized carbons (Fsp3) is 0. The van der Waals surface area contributed by atoms with E-state index in [-0.39, 0.29) is 0 Å². The number of para-hydroxylation sites is 1. The molecule has 0 saturated heterocycles. The van der Waals surface area contributed by atoms with Gasteiger partial charge in [0.25, 0.3) is 0 Å². The summed E-state index contributed by atoms with van der Waals surface area (Å²) in [5.74, 6) is 1.84. The molecule has 0 amide bonds. The second kappa shape index (κ2) is 11.0. The summed E-state index contributed by atoms with van der Waals surface area (Å²) in [7, 11) is 0. The van der Waals surface area contributed by atoms with E-state index in [0.29, 0.717) is 17.5 Å². The number of hydrogen-bond donors (Lipinski definition) is 0. The third-order valence-corrected chi connectivity index (χ3v) is 9.48. The lowest BCUT2D eigenvalue weighted by Gasteiger charge is -2.12. The van der Waals surface area contributed by atoms with Gasteiger partial charge < -0.3 is 4.42 Å². The topological polar surface area (TPSA) is 51.8 Å². The minimum Gasteiger partial charge on any atom is -0.456 e. The summed E-state index contributed by atoms with van der Waals surface area (Å²) < 4.78 is 6.46. The van der Waals surface area contributed by atoms with Crippen LogP contribution in [-0.2, 0) is 0 Å². The molecule has 10 aromatic rings. The van der Waals surface area contributed by atoms with Crippen molar-refractivity contribution in [2.45, 2.75) is 0 Å². The lowest BCUT2D eigenvalue weighted by atomic mass is 9.95. The van der Waals surface area contributed by atoms with Gasteiger partial charge in [-0.3, -0.25) is 0 Å². The van der Waals surface area contributed by atoms with Crippen LogP contribution in [0.5, 0.6) is 0 Å².